The van der Waals surface area contributed by atoms with Crippen molar-refractivity contribution in [3.05, 3.63) is 35.9 Å². The maximum absolute atomic E-state index is 12.1. The highest BCUT2D eigenvalue weighted by molar-refractivity contribution is 5.86. The Balaban J connectivity index is 1.79. The van der Waals surface area contributed by atoms with Gasteiger partial charge in [-0.3, -0.25) is 9.59 Å². The average molecular weight is 284 g/mol. The van der Waals surface area contributed by atoms with Crippen molar-refractivity contribution >= 4 is 29.0 Å². The van der Waals surface area contributed by atoms with E-state index in [0.29, 0.717) is 31.7 Å². The summed E-state index contributed by atoms with van der Waals surface area (Å²) in [4.78, 5) is 28.6. The molecule has 0 aliphatic carbocycles. The largest absolute Gasteiger partial charge is 0.384 e. The Labute approximate surface area is 121 Å². The number of carbonyl (C=O) groups is 2. The van der Waals surface area contributed by atoms with E-state index in [2.05, 4.69) is 10.3 Å². The molecule has 2 heterocycles. The number of fused-ring (bicyclic) bond motifs is 1. The highest BCUT2D eigenvalue weighted by Gasteiger charge is 2.30. The van der Waals surface area contributed by atoms with Gasteiger partial charge in [0.15, 0.2) is 0 Å². The molecule has 1 saturated heterocycles. The van der Waals surface area contributed by atoms with Gasteiger partial charge in [0.2, 0.25) is 12.3 Å². The molecule has 2 amide bonds. The third-order valence-electron chi connectivity index (χ3n) is 3.72. The molecule has 3 N–H and O–H groups in total. The number of hydrogen-bond acceptors (Lipinski definition) is 4. The van der Waals surface area contributed by atoms with Crippen LogP contribution in [0.3, 0.4) is 0 Å². The van der Waals surface area contributed by atoms with Gasteiger partial charge in [-0.2, -0.15) is 0 Å². The highest BCUT2D eigenvalue weighted by Crippen LogP contribution is 2.19. The van der Waals surface area contributed by atoms with Gasteiger partial charge >= 0.3 is 0 Å². The zero-order valence-electron chi connectivity index (χ0n) is 11.5. The summed E-state index contributed by atoms with van der Waals surface area (Å²) in [5.41, 5.74) is 7.52. The molecule has 1 aliphatic rings. The summed E-state index contributed by atoms with van der Waals surface area (Å²) in [5, 5.41) is 3.56. The van der Waals surface area contributed by atoms with E-state index in [0.717, 1.165) is 16.5 Å². The monoisotopic (exact) mass is 284 g/mol. The Morgan fingerprint density at radius 2 is 2.19 bits per heavy atom. The van der Waals surface area contributed by atoms with Gasteiger partial charge in [0, 0.05) is 18.5 Å². The molecule has 1 atom stereocenters. The van der Waals surface area contributed by atoms with Crippen LogP contribution in [0.15, 0.2) is 30.3 Å². The second-order valence-electron chi connectivity index (χ2n) is 5.15. The van der Waals surface area contributed by atoms with Crippen LogP contribution in [0.4, 0.5) is 5.82 Å². The number of carbonyl (C=O) groups excluding carboxylic acids is 2. The molecule has 2 aromatic rings. The molecule has 1 aromatic carbocycles. The van der Waals surface area contributed by atoms with Crippen LogP contribution in [0.1, 0.15) is 12.0 Å². The fraction of sp³-hybridized carbons (Fsp3) is 0.267. The lowest BCUT2D eigenvalue weighted by Gasteiger charge is -2.16. The number of likely N-dealkylation sites (tertiary alicyclic amines) is 1. The van der Waals surface area contributed by atoms with Crippen LogP contribution in [0, 0.1) is 0 Å². The SMILES string of the molecule is Nc1ccc2ccc(CN3CC[C@H](NC=O)C3=O)cc2n1. The van der Waals surface area contributed by atoms with Crippen molar-refractivity contribution in [3.8, 4) is 0 Å². The summed E-state index contributed by atoms with van der Waals surface area (Å²) in [6.07, 6.45) is 1.23. The third kappa shape index (κ3) is 2.65. The Hall–Kier alpha value is -2.63. The van der Waals surface area contributed by atoms with Crippen LogP contribution in [-0.4, -0.2) is 34.8 Å². The van der Waals surface area contributed by atoms with E-state index < -0.39 is 6.04 Å². The van der Waals surface area contributed by atoms with Crippen molar-refractivity contribution in [2.24, 2.45) is 0 Å². The summed E-state index contributed by atoms with van der Waals surface area (Å²) in [5.74, 6) is 0.440. The number of benzene rings is 1. The third-order valence-corrected chi connectivity index (χ3v) is 3.72. The number of rotatable bonds is 4. The Bertz CT molecular complexity index is 701. The molecule has 1 fully saturated rings. The molecule has 6 nitrogen and oxygen atoms in total. The van der Waals surface area contributed by atoms with Crippen molar-refractivity contribution < 1.29 is 9.59 Å². The number of aromatic nitrogens is 1. The molecule has 108 valence electrons. The van der Waals surface area contributed by atoms with Gasteiger partial charge in [-0.1, -0.05) is 12.1 Å². The summed E-state index contributed by atoms with van der Waals surface area (Å²) in [6.45, 7) is 1.16. The van der Waals surface area contributed by atoms with Crippen LogP contribution in [0.5, 0.6) is 0 Å². The molecule has 0 spiro atoms. The summed E-state index contributed by atoms with van der Waals surface area (Å²) < 4.78 is 0. The first-order chi connectivity index (χ1) is 10.2. The number of pyridine rings is 1. The lowest BCUT2D eigenvalue weighted by Crippen LogP contribution is -2.37. The molecule has 0 radical (unpaired) electrons. The van der Waals surface area contributed by atoms with Crippen LogP contribution in [0.25, 0.3) is 10.9 Å². The van der Waals surface area contributed by atoms with Crippen LogP contribution < -0.4 is 11.1 Å². The normalized spacial score (nSPS) is 18.2. The molecular formula is C15H16N4O2. The van der Waals surface area contributed by atoms with Crippen molar-refractivity contribution in [3.63, 3.8) is 0 Å². The number of hydrogen-bond donors (Lipinski definition) is 2. The fourth-order valence-corrected chi connectivity index (χ4v) is 2.63. The number of nitrogens with two attached hydrogens (primary N) is 1. The van der Waals surface area contributed by atoms with E-state index in [9.17, 15) is 9.59 Å². The van der Waals surface area contributed by atoms with E-state index in [4.69, 9.17) is 5.73 Å². The Morgan fingerprint density at radius 3 is 3.00 bits per heavy atom. The number of nitrogens with one attached hydrogen (secondary N) is 1. The number of nitrogens with zero attached hydrogens (tertiary/aromatic N) is 2. The minimum absolute atomic E-state index is 0.0391. The van der Waals surface area contributed by atoms with Crippen molar-refractivity contribution in [2.45, 2.75) is 19.0 Å². The maximum Gasteiger partial charge on any atom is 0.245 e. The first-order valence-corrected chi connectivity index (χ1v) is 6.81. The van der Waals surface area contributed by atoms with E-state index in [1.807, 2.05) is 24.3 Å². The van der Waals surface area contributed by atoms with Gasteiger partial charge in [-0.25, -0.2) is 4.98 Å². The number of nitrogen functional groups attached to an aromatic ring is 1. The molecule has 0 unspecified atom stereocenters. The van der Waals surface area contributed by atoms with Gasteiger partial charge in [0.1, 0.15) is 11.9 Å². The lowest BCUT2D eigenvalue weighted by molar-refractivity contribution is -0.131. The van der Waals surface area contributed by atoms with Gasteiger partial charge in [-0.15, -0.1) is 0 Å². The van der Waals surface area contributed by atoms with Gasteiger partial charge in [-0.05, 0) is 30.2 Å². The fourth-order valence-electron chi connectivity index (χ4n) is 2.63. The predicted molar refractivity (Wildman–Crippen MR) is 79.2 cm³/mol. The first-order valence-electron chi connectivity index (χ1n) is 6.81. The summed E-state index contributed by atoms with van der Waals surface area (Å²) in [6, 6.07) is 9.19. The Kier molecular flexibility index (Phi) is 3.43. The Morgan fingerprint density at radius 1 is 1.38 bits per heavy atom. The average Bonchev–Trinajstić information content (AvgIpc) is 2.80. The van der Waals surface area contributed by atoms with E-state index >= 15 is 0 Å². The van der Waals surface area contributed by atoms with Crippen molar-refractivity contribution in [2.75, 3.05) is 12.3 Å². The lowest BCUT2D eigenvalue weighted by atomic mass is 10.1. The van der Waals surface area contributed by atoms with E-state index in [1.54, 1.807) is 11.0 Å². The summed E-state index contributed by atoms with van der Waals surface area (Å²) in [7, 11) is 0. The van der Waals surface area contributed by atoms with Crippen LogP contribution >= 0.6 is 0 Å². The smallest absolute Gasteiger partial charge is 0.245 e. The molecule has 1 aliphatic heterocycles. The van der Waals surface area contributed by atoms with Gasteiger partial charge in [0.05, 0.1) is 5.52 Å². The molecule has 6 heteroatoms. The quantitative estimate of drug-likeness (QED) is 0.807. The minimum atomic E-state index is -0.392. The molecule has 1 aromatic heterocycles. The maximum atomic E-state index is 12.1. The zero-order chi connectivity index (χ0) is 14.8. The molecule has 0 saturated carbocycles. The molecule has 0 bridgehead atoms. The van der Waals surface area contributed by atoms with Crippen LogP contribution in [-0.2, 0) is 16.1 Å². The van der Waals surface area contributed by atoms with E-state index in [-0.39, 0.29) is 5.91 Å². The molecule has 3 rings (SSSR count). The van der Waals surface area contributed by atoms with Gasteiger partial charge in [0.25, 0.3) is 0 Å². The minimum Gasteiger partial charge on any atom is -0.384 e. The second kappa shape index (κ2) is 5.40. The predicted octanol–water partition coefficient (Wildman–Crippen LogP) is 0.664. The highest BCUT2D eigenvalue weighted by atomic mass is 16.2. The van der Waals surface area contributed by atoms with Crippen LogP contribution in [0.2, 0.25) is 0 Å². The molecule has 21 heavy (non-hydrogen) atoms. The van der Waals surface area contributed by atoms with Gasteiger partial charge < -0.3 is 16.0 Å². The number of amides is 2. The number of anilines is 1. The van der Waals surface area contributed by atoms with E-state index in [1.165, 1.54) is 0 Å². The topological polar surface area (TPSA) is 88.3 Å². The zero-order valence-corrected chi connectivity index (χ0v) is 11.5. The van der Waals surface area contributed by atoms with Crippen molar-refractivity contribution in [1.82, 2.24) is 15.2 Å². The summed E-state index contributed by atoms with van der Waals surface area (Å²) >= 11 is 0. The first kappa shape index (κ1) is 13.4. The van der Waals surface area contributed by atoms with Crippen molar-refractivity contribution in [1.29, 1.82) is 0 Å². The standard InChI is InChI=1S/C15H16N4O2/c16-14-4-3-11-2-1-10(7-13(11)18-14)8-19-6-5-12(15(19)21)17-9-20/h1-4,7,9,12H,5-6,8H2,(H2,16,18)(H,17,20)/t12-/m0/s1. The second-order valence-corrected chi connectivity index (χ2v) is 5.15. The molecular weight excluding hydrogens is 268 g/mol.